The van der Waals surface area contributed by atoms with Gasteiger partial charge < -0.3 is 14.6 Å². The van der Waals surface area contributed by atoms with Gasteiger partial charge in [-0.05, 0) is 92.9 Å². The number of fused-ring (bicyclic) bond motifs is 5. The summed E-state index contributed by atoms with van der Waals surface area (Å²) >= 11 is 2.00. The monoisotopic (exact) mass is 418 g/mol. The van der Waals surface area contributed by atoms with Gasteiger partial charge in [-0.3, -0.25) is 0 Å². The Morgan fingerprint density at radius 2 is 1.90 bits per heavy atom. The van der Waals surface area contributed by atoms with Crippen molar-refractivity contribution in [1.82, 2.24) is 0 Å². The van der Waals surface area contributed by atoms with Crippen molar-refractivity contribution in [2.24, 2.45) is 34.5 Å². The first-order valence-corrected chi connectivity index (χ1v) is 12.9. The third kappa shape index (κ3) is 2.91. The topological polar surface area (TPSA) is 53.6 Å². The smallest absolute Gasteiger partial charge is 0.0983 e. The zero-order chi connectivity index (χ0) is 20.3. The molecule has 0 bridgehead atoms. The molecule has 2 N–H and O–H groups in total. The maximum atomic E-state index is 11.8. The van der Waals surface area contributed by atoms with E-state index in [1.807, 2.05) is 17.8 Å². The van der Waals surface area contributed by atoms with E-state index in [0.29, 0.717) is 17.9 Å². The highest BCUT2D eigenvalue weighted by molar-refractivity contribution is 7.99. The van der Waals surface area contributed by atoms with E-state index in [9.17, 15) is 10.2 Å². The Morgan fingerprint density at radius 1 is 1.07 bits per heavy atom. The number of furan rings is 1. The molecule has 3 nitrogen and oxygen atoms in total. The fourth-order valence-corrected chi connectivity index (χ4v) is 9.67. The van der Waals surface area contributed by atoms with Gasteiger partial charge in [0.25, 0.3) is 0 Å². The molecule has 5 rings (SSSR count). The van der Waals surface area contributed by atoms with Crippen LogP contribution in [0.4, 0.5) is 0 Å². The third-order valence-corrected chi connectivity index (χ3v) is 11.5. The summed E-state index contributed by atoms with van der Waals surface area (Å²) in [6.07, 6.45) is 14.7. The summed E-state index contributed by atoms with van der Waals surface area (Å²) in [4.78, 5) is 0. The van der Waals surface area contributed by atoms with Gasteiger partial charge in [0.1, 0.15) is 0 Å². The lowest BCUT2D eigenvalue weighted by Gasteiger charge is -2.61. The Bertz CT molecular complexity index is 720. The molecular formula is C25H38O3S. The van der Waals surface area contributed by atoms with Gasteiger partial charge in [0.15, 0.2) is 0 Å². The molecular weight excluding hydrogens is 380 g/mol. The van der Waals surface area contributed by atoms with Crippen LogP contribution in [-0.2, 0) is 5.60 Å². The lowest BCUT2D eigenvalue weighted by Crippen LogP contribution is -2.56. The Hall–Kier alpha value is -0.450. The van der Waals surface area contributed by atoms with Crippen molar-refractivity contribution in [2.45, 2.75) is 82.5 Å². The summed E-state index contributed by atoms with van der Waals surface area (Å²) in [5.74, 6) is 3.99. The molecule has 8 atom stereocenters. The maximum absolute atomic E-state index is 11.8. The predicted octanol–water partition coefficient (Wildman–Crippen LogP) is 5.60. The predicted molar refractivity (Wildman–Crippen MR) is 118 cm³/mol. The van der Waals surface area contributed by atoms with Crippen LogP contribution in [0.5, 0.6) is 0 Å². The van der Waals surface area contributed by atoms with E-state index in [1.54, 1.807) is 12.5 Å². The van der Waals surface area contributed by atoms with Crippen LogP contribution in [0.2, 0.25) is 0 Å². The molecule has 0 radical (unpaired) electrons. The van der Waals surface area contributed by atoms with Gasteiger partial charge in [0.05, 0.1) is 24.7 Å². The molecule has 0 amide bonds. The summed E-state index contributed by atoms with van der Waals surface area (Å²) in [5.41, 5.74) is 0.750. The number of rotatable bonds is 4. The van der Waals surface area contributed by atoms with E-state index in [-0.39, 0.29) is 5.41 Å². The Labute approximate surface area is 180 Å². The molecule has 4 aliphatic carbocycles. The van der Waals surface area contributed by atoms with Crippen molar-refractivity contribution in [3.8, 4) is 0 Å². The van der Waals surface area contributed by atoms with Gasteiger partial charge >= 0.3 is 0 Å². The van der Waals surface area contributed by atoms with E-state index in [0.717, 1.165) is 53.6 Å². The van der Waals surface area contributed by atoms with Gasteiger partial charge in [0.2, 0.25) is 0 Å². The maximum Gasteiger partial charge on any atom is 0.0983 e. The Kier molecular flexibility index (Phi) is 5.15. The SMILES string of the molecule is C[C@]12CCC(SCCO)CC1CC[C@@H]1[C@H]2CC[C@@]2(C)[C@H]1CCC2(O)c1ccoc1. The molecule has 0 spiro atoms. The van der Waals surface area contributed by atoms with Crippen molar-refractivity contribution in [2.75, 3.05) is 12.4 Å². The minimum atomic E-state index is -0.716. The first-order valence-electron chi connectivity index (χ1n) is 11.9. The van der Waals surface area contributed by atoms with Crippen molar-refractivity contribution in [1.29, 1.82) is 0 Å². The fourth-order valence-electron chi connectivity index (χ4n) is 8.58. The Balaban J connectivity index is 1.37. The molecule has 4 heteroatoms. The highest BCUT2D eigenvalue weighted by Crippen LogP contribution is 2.70. The molecule has 1 aromatic rings. The Morgan fingerprint density at radius 3 is 2.66 bits per heavy atom. The van der Waals surface area contributed by atoms with Crippen molar-refractivity contribution in [3.05, 3.63) is 24.2 Å². The second-order valence-electron chi connectivity index (χ2n) is 11.0. The summed E-state index contributed by atoms with van der Waals surface area (Å²) in [6, 6.07) is 1.99. The minimum absolute atomic E-state index is 0.0184. The quantitative estimate of drug-likeness (QED) is 0.668. The molecule has 162 valence electrons. The van der Waals surface area contributed by atoms with Crippen LogP contribution >= 0.6 is 11.8 Å². The molecule has 1 aromatic heterocycles. The second-order valence-corrected chi connectivity index (χ2v) is 12.4. The van der Waals surface area contributed by atoms with Gasteiger partial charge in [-0.15, -0.1) is 0 Å². The van der Waals surface area contributed by atoms with Crippen LogP contribution in [-0.4, -0.2) is 27.8 Å². The van der Waals surface area contributed by atoms with Crippen molar-refractivity contribution >= 4 is 11.8 Å². The van der Waals surface area contributed by atoms with Crippen LogP contribution in [0, 0.1) is 34.5 Å². The summed E-state index contributed by atoms with van der Waals surface area (Å²) in [7, 11) is 0. The molecule has 0 aromatic carbocycles. The molecule has 0 aliphatic heterocycles. The van der Waals surface area contributed by atoms with E-state index in [4.69, 9.17) is 4.42 Å². The zero-order valence-corrected chi connectivity index (χ0v) is 18.9. The summed E-state index contributed by atoms with van der Waals surface area (Å²) < 4.78 is 5.37. The highest BCUT2D eigenvalue weighted by Gasteiger charge is 2.65. The first kappa shape index (κ1) is 20.5. The van der Waals surface area contributed by atoms with Crippen LogP contribution in [0.15, 0.2) is 23.0 Å². The number of hydrogen-bond donors (Lipinski definition) is 2. The molecule has 1 heterocycles. The number of aliphatic hydroxyl groups is 2. The lowest BCUT2D eigenvalue weighted by molar-refractivity contribution is -0.154. The average molecular weight is 419 g/mol. The minimum Gasteiger partial charge on any atom is -0.472 e. The third-order valence-electron chi connectivity index (χ3n) is 10.2. The summed E-state index contributed by atoms with van der Waals surface area (Å²) in [5, 5.41) is 21.8. The number of aliphatic hydroxyl groups excluding tert-OH is 1. The molecule has 4 aliphatic rings. The van der Waals surface area contributed by atoms with Gasteiger partial charge in [-0.1, -0.05) is 13.8 Å². The van der Waals surface area contributed by atoms with Crippen molar-refractivity contribution < 1.29 is 14.6 Å². The van der Waals surface area contributed by atoms with E-state index in [1.165, 1.54) is 38.5 Å². The largest absolute Gasteiger partial charge is 0.472 e. The first-order chi connectivity index (χ1) is 13.9. The number of thioether (sulfide) groups is 1. The molecule has 3 unspecified atom stereocenters. The van der Waals surface area contributed by atoms with Crippen LogP contribution in [0.1, 0.15) is 77.2 Å². The highest BCUT2D eigenvalue weighted by atomic mass is 32.2. The molecule has 29 heavy (non-hydrogen) atoms. The van der Waals surface area contributed by atoms with E-state index < -0.39 is 5.60 Å². The van der Waals surface area contributed by atoms with Crippen LogP contribution in [0.25, 0.3) is 0 Å². The average Bonchev–Trinajstić information content (AvgIpc) is 3.34. The van der Waals surface area contributed by atoms with Gasteiger partial charge in [-0.2, -0.15) is 11.8 Å². The van der Waals surface area contributed by atoms with E-state index >= 15 is 0 Å². The number of hydrogen-bond acceptors (Lipinski definition) is 4. The van der Waals surface area contributed by atoms with Crippen LogP contribution in [0.3, 0.4) is 0 Å². The summed E-state index contributed by atoms with van der Waals surface area (Å²) in [6.45, 7) is 5.31. The van der Waals surface area contributed by atoms with Crippen LogP contribution < -0.4 is 0 Å². The van der Waals surface area contributed by atoms with E-state index in [2.05, 4.69) is 13.8 Å². The van der Waals surface area contributed by atoms with Gasteiger partial charge in [-0.25, -0.2) is 0 Å². The van der Waals surface area contributed by atoms with Gasteiger partial charge in [0, 0.05) is 22.0 Å². The fraction of sp³-hybridized carbons (Fsp3) is 0.840. The molecule has 4 saturated carbocycles. The zero-order valence-electron chi connectivity index (χ0n) is 18.1. The molecule has 0 saturated heterocycles. The second kappa shape index (κ2) is 7.31. The standard InChI is InChI=1S/C25H38O3S/c1-23-9-5-19(29-14-12-26)15-17(23)3-4-20-21(23)6-10-24(2)22(20)7-11-25(24,27)18-8-13-28-16-18/h8,13,16-17,19-22,26-27H,3-7,9-12,14-15H2,1-2H3/t17?,19?,20-,21-,22+,23+,24+,25?/m1/s1. The normalized spacial score (nSPS) is 49.3. The molecule has 4 fully saturated rings. The lowest BCUT2D eigenvalue weighted by atomic mass is 9.44. The van der Waals surface area contributed by atoms with Crippen molar-refractivity contribution in [3.63, 3.8) is 0 Å².